The maximum atomic E-state index is 11.7. The molecule has 0 aromatic rings. The van der Waals surface area contributed by atoms with Crippen LogP contribution in [0.1, 0.15) is 40.5 Å². The molecule has 1 heterocycles. The molecule has 1 fully saturated rings. The lowest BCUT2D eigenvalue weighted by molar-refractivity contribution is -0.150. The third-order valence-electron chi connectivity index (χ3n) is 3.14. The van der Waals surface area contributed by atoms with Crippen LogP contribution >= 0.6 is 0 Å². The van der Waals surface area contributed by atoms with Gasteiger partial charge < -0.3 is 5.73 Å². The molecule has 0 aromatic heterocycles. The molecule has 92 valence electrons. The second-order valence-electron chi connectivity index (χ2n) is 5.88. The largest absolute Gasteiger partial charge is 0.326 e. The van der Waals surface area contributed by atoms with E-state index in [1.165, 1.54) is 4.90 Å². The number of carbonyl (C=O) groups is 2. The number of amides is 2. The van der Waals surface area contributed by atoms with Crippen molar-refractivity contribution in [3.05, 3.63) is 0 Å². The summed E-state index contributed by atoms with van der Waals surface area (Å²) in [6, 6.07) is -0.172. The number of hydrogen-bond acceptors (Lipinski definition) is 3. The fourth-order valence-corrected chi connectivity index (χ4v) is 1.70. The molecule has 4 heteroatoms. The molecule has 1 saturated heterocycles. The number of carbonyl (C=O) groups excluding carboxylic acids is 2. The summed E-state index contributed by atoms with van der Waals surface area (Å²) < 4.78 is 0. The van der Waals surface area contributed by atoms with Crippen molar-refractivity contribution in [2.24, 2.45) is 17.1 Å². The minimum Gasteiger partial charge on any atom is -0.326 e. The first kappa shape index (κ1) is 13.2. The normalized spacial score (nSPS) is 21.4. The van der Waals surface area contributed by atoms with Gasteiger partial charge in [-0.3, -0.25) is 14.5 Å². The predicted octanol–water partition coefficient (Wildman–Crippen LogP) is 1.14. The van der Waals surface area contributed by atoms with Gasteiger partial charge in [-0.05, 0) is 11.3 Å². The summed E-state index contributed by atoms with van der Waals surface area (Å²) in [5.41, 5.74) is 5.90. The van der Waals surface area contributed by atoms with E-state index in [9.17, 15) is 9.59 Å². The van der Waals surface area contributed by atoms with Gasteiger partial charge in [-0.15, -0.1) is 0 Å². The molecule has 4 nitrogen and oxygen atoms in total. The van der Waals surface area contributed by atoms with Crippen molar-refractivity contribution >= 4 is 11.8 Å². The first-order valence-corrected chi connectivity index (χ1v) is 5.80. The van der Waals surface area contributed by atoms with E-state index in [4.69, 9.17) is 5.73 Å². The molecule has 1 atom stereocenters. The summed E-state index contributed by atoms with van der Waals surface area (Å²) in [5, 5.41) is 0. The summed E-state index contributed by atoms with van der Waals surface area (Å²) in [6.45, 7) is 8.31. The lowest BCUT2D eigenvalue weighted by Crippen LogP contribution is -2.51. The van der Waals surface area contributed by atoms with Gasteiger partial charge in [-0.1, -0.05) is 27.7 Å². The van der Waals surface area contributed by atoms with Crippen LogP contribution in [-0.4, -0.2) is 29.3 Å². The van der Waals surface area contributed by atoms with Gasteiger partial charge in [-0.2, -0.15) is 0 Å². The van der Waals surface area contributed by atoms with Gasteiger partial charge in [0.05, 0.1) is 0 Å². The van der Waals surface area contributed by atoms with E-state index in [-0.39, 0.29) is 29.2 Å². The maximum absolute atomic E-state index is 11.7. The molecule has 1 aliphatic heterocycles. The minimum absolute atomic E-state index is 0.0801. The smallest absolute Gasteiger partial charge is 0.229 e. The number of imide groups is 1. The lowest BCUT2D eigenvalue weighted by Gasteiger charge is -2.34. The molecule has 2 amide bonds. The quantitative estimate of drug-likeness (QED) is 0.718. The zero-order chi connectivity index (χ0) is 12.5. The monoisotopic (exact) mass is 226 g/mol. The van der Waals surface area contributed by atoms with Gasteiger partial charge in [0.25, 0.3) is 0 Å². The molecule has 2 N–H and O–H groups in total. The fraction of sp³-hybridized carbons (Fsp3) is 0.833. The predicted molar refractivity (Wildman–Crippen MR) is 62.5 cm³/mol. The molecule has 1 rings (SSSR count). The fourth-order valence-electron chi connectivity index (χ4n) is 1.70. The summed E-state index contributed by atoms with van der Waals surface area (Å²) in [6.07, 6.45) is 0.922. The Morgan fingerprint density at radius 2 is 1.75 bits per heavy atom. The van der Waals surface area contributed by atoms with Crippen LogP contribution in [-0.2, 0) is 9.59 Å². The highest BCUT2D eigenvalue weighted by molar-refractivity contribution is 5.97. The average Bonchev–Trinajstić information content (AvgIpc) is 2.08. The van der Waals surface area contributed by atoms with Crippen molar-refractivity contribution in [3.63, 3.8) is 0 Å². The number of likely N-dealkylation sites (tertiary alicyclic amines) is 1. The van der Waals surface area contributed by atoms with Gasteiger partial charge in [-0.25, -0.2) is 0 Å². The number of piperidine rings is 1. The number of nitrogens with zero attached hydrogens (tertiary/aromatic N) is 1. The molecule has 0 radical (unpaired) electrons. The summed E-state index contributed by atoms with van der Waals surface area (Å²) in [4.78, 5) is 24.8. The Morgan fingerprint density at radius 3 is 2.12 bits per heavy atom. The van der Waals surface area contributed by atoms with E-state index in [0.29, 0.717) is 19.4 Å². The Bertz CT molecular complexity index is 276. The van der Waals surface area contributed by atoms with Crippen LogP contribution in [0.25, 0.3) is 0 Å². The Hall–Kier alpha value is -0.900. The Morgan fingerprint density at radius 1 is 1.31 bits per heavy atom. The van der Waals surface area contributed by atoms with E-state index in [0.717, 1.165) is 0 Å². The van der Waals surface area contributed by atoms with Crippen molar-refractivity contribution in [2.75, 3.05) is 6.54 Å². The highest BCUT2D eigenvalue weighted by Crippen LogP contribution is 2.23. The van der Waals surface area contributed by atoms with E-state index in [2.05, 4.69) is 0 Å². The lowest BCUT2D eigenvalue weighted by atomic mass is 9.86. The third kappa shape index (κ3) is 3.04. The second-order valence-corrected chi connectivity index (χ2v) is 5.88. The number of hydrogen-bond donors (Lipinski definition) is 1. The van der Waals surface area contributed by atoms with Gasteiger partial charge in [0.15, 0.2) is 0 Å². The molecular weight excluding hydrogens is 204 g/mol. The van der Waals surface area contributed by atoms with Crippen LogP contribution in [0.5, 0.6) is 0 Å². The van der Waals surface area contributed by atoms with E-state index in [1.807, 2.05) is 27.7 Å². The molecule has 0 aliphatic carbocycles. The van der Waals surface area contributed by atoms with Crippen LogP contribution in [0.2, 0.25) is 0 Å². The van der Waals surface area contributed by atoms with Crippen molar-refractivity contribution < 1.29 is 9.59 Å². The Labute approximate surface area is 97.2 Å². The maximum Gasteiger partial charge on any atom is 0.229 e. The van der Waals surface area contributed by atoms with Gasteiger partial charge >= 0.3 is 0 Å². The molecule has 0 aromatic carbocycles. The van der Waals surface area contributed by atoms with Crippen LogP contribution in [0.3, 0.4) is 0 Å². The second kappa shape index (κ2) is 4.53. The summed E-state index contributed by atoms with van der Waals surface area (Å²) in [5.74, 6) is 0.00834. The third-order valence-corrected chi connectivity index (χ3v) is 3.14. The van der Waals surface area contributed by atoms with E-state index in [1.54, 1.807) is 0 Å². The molecule has 0 saturated carbocycles. The van der Waals surface area contributed by atoms with Crippen molar-refractivity contribution in [1.82, 2.24) is 4.90 Å². The molecule has 1 aliphatic rings. The highest BCUT2D eigenvalue weighted by Gasteiger charge is 2.33. The van der Waals surface area contributed by atoms with Crippen molar-refractivity contribution in [1.29, 1.82) is 0 Å². The molecule has 0 bridgehead atoms. The van der Waals surface area contributed by atoms with Crippen LogP contribution in [0.4, 0.5) is 0 Å². The average molecular weight is 226 g/mol. The summed E-state index contributed by atoms with van der Waals surface area (Å²) >= 11 is 0. The van der Waals surface area contributed by atoms with E-state index >= 15 is 0 Å². The zero-order valence-corrected chi connectivity index (χ0v) is 10.6. The molecule has 1 unspecified atom stereocenters. The topological polar surface area (TPSA) is 63.4 Å². The molecule has 0 spiro atoms. The Balaban J connectivity index is 2.67. The van der Waals surface area contributed by atoms with Crippen LogP contribution in [0, 0.1) is 11.3 Å². The Kier molecular flexibility index (Phi) is 3.73. The number of rotatable bonds is 2. The zero-order valence-electron chi connectivity index (χ0n) is 10.6. The number of nitrogens with two attached hydrogens (primary N) is 1. The first-order valence-electron chi connectivity index (χ1n) is 5.80. The SMILES string of the molecule is CC1CC(=O)N(CC(N)C(C)(C)C)C(=O)C1. The van der Waals surface area contributed by atoms with Gasteiger partial charge in [0.2, 0.25) is 11.8 Å². The van der Waals surface area contributed by atoms with E-state index < -0.39 is 0 Å². The summed E-state index contributed by atoms with van der Waals surface area (Å²) in [7, 11) is 0. The highest BCUT2D eigenvalue weighted by atomic mass is 16.2. The van der Waals surface area contributed by atoms with Crippen molar-refractivity contribution in [3.8, 4) is 0 Å². The standard InChI is InChI=1S/C12H22N2O2/c1-8-5-10(15)14(11(16)6-8)7-9(13)12(2,3)4/h8-9H,5-7,13H2,1-4H3. The van der Waals surface area contributed by atoms with Gasteiger partial charge in [0, 0.05) is 25.4 Å². The van der Waals surface area contributed by atoms with Crippen molar-refractivity contribution in [2.45, 2.75) is 46.6 Å². The van der Waals surface area contributed by atoms with Gasteiger partial charge in [0.1, 0.15) is 0 Å². The minimum atomic E-state index is -0.172. The van der Waals surface area contributed by atoms with Crippen LogP contribution in [0.15, 0.2) is 0 Å². The first-order chi connectivity index (χ1) is 7.21. The van der Waals surface area contributed by atoms with Crippen LogP contribution < -0.4 is 5.73 Å². The molecule has 16 heavy (non-hydrogen) atoms. The molecular formula is C12H22N2O2.